The molecule has 0 aliphatic heterocycles. The number of hydrogen-bond donors (Lipinski definition) is 2. The van der Waals surface area contributed by atoms with E-state index >= 15 is 0 Å². The van der Waals surface area contributed by atoms with Gasteiger partial charge in [-0.05, 0) is 38.7 Å². The predicted octanol–water partition coefficient (Wildman–Crippen LogP) is 5.41. The van der Waals surface area contributed by atoms with E-state index in [-0.39, 0.29) is 5.91 Å². The van der Waals surface area contributed by atoms with Crippen molar-refractivity contribution < 1.29 is 9.90 Å². The number of rotatable bonds is 14. The van der Waals surface area contributed by atoms with Crippen LogP contribution in [-0.4, -0.2) is 23.2 Å². The van der Waals surface area contributed by atoms with Crippen LogP contribution in [0.2, 0.25) is 0 Å². The molecular weight excluding hydrogens is 322 g/mol. The van der Waals surface area contributed by atoms with Crippen molar-refractivity contribution in [3.63, 3.8) is 0 Å². The highest BCUT2D eigenvalue weighted by molar-refractivity contribution is 5.87. The Balaban J connectivity index is 3.98. The molecule has 26 heavy (non-hydrogen) atoms. The molecule has 0 spiro atoms. The SMILES string of the molecule is CC=CC=CC=CC=CCCC=CC(=O)NCC(O)(CC)CCCCC. The molecule has 0 aromatic heterocycles. The highest BCUT2D eigenvalue weighted by Crippen LogP contribution is 2.18. The van der Waals surface area contributed by atoms with Gasteiger partial charge in [0.05, 0.1) is 5.60 Å². The summed E-state index contributed by atoms with van der Waals surface area (Å²) in [6, 6.07) is 0. The molecule has 0 bridgehead atoms. The van der Waals surface area contributed by atoms with Gasteiger partial charge in [-0.1, -0.05) is 87.8 Å². The molecule has 0 saturated heterocycles. The molecule has 146 valence electrons. The number of unbranched alkanes of at least 4 members (excludes halogenated alkanes) is 3. The van der Waals surface area contributed by atoms with Gasteiger partial charge in [-0.2, -0.15) is 0 Å². The van der Waals surface area contributed by atoms with Gasteiger partial charge < -0.3 is 10.4 Å². The van der Waals surface area contributed by atoms with Gasteiger partial charge in [0.15, 0.2) is 0 Å². The maximum atomic E-state index is 11.8. The van der Waals surface area contributed by atoms with Crippen molar-refractivity contribution in [2.24, 2.45) is 0 Å². The van der Waals surface area contributed by atoms with Gasteiger partial charge >= 0.3 is 0 Å². The summed E-state index contributed by atoms with van der Waals surface area (Å²) in [4.78, 5) is 11.8. The highest BCUT2D eigenvalue weighted by Gasteiger charge is 2.24. The maximum Gasteiger partial charge on any atom is 0.243 e. The molecule has 1 amide bonds. The van der Waals surface area contributed by atoms with Gasteiger partial charge in [0.1, 0.15) is 0 Å². The van der Waals surface area contributed by atoms with Crippen molar-refractivity contribution in [2.45, 2.75) is 71.3 Å². The second-order valence-electron chi connectivity index (χ2n) is 6.46. The van der Waals surface area contributed by atoms with Crippen LogP contribution in [0.15, 0.2) is 60.8 Å². The number of carbonyl (C=O) groups excluding carboxylic acids is 1. The standard InChI is InChI=1S/C23H37NO2/c1-4-7-9-10-11-12-13-14-15-16-17-19-22(25)24-21-23(26,6-3)20-18-8-5-2/h4,7,9-14,17,19,26H,5-6,8,15-16,18,20-21H2,1-3H3,(H,24,25). The minimum atomic E-state index is -0.783. The van der Waals surface area contributed by atoms with Crippen molar-refractivity contribution in [1.82, 2.24) is 5.32 Å². The molecule has 0 aliphatic rings. The topological polar surface area (TPSA) is 49.3 Å². The van der Waals surface area contributed by atoms with E-state index in [0.717, 1.165) is 38.5 Å². The molecule has 0 rings (SSSR count). The van der Waals surface area contributed by atoms with Crippen molar-refractivity contribution in [3.8, 4) is 0 Å². The lowest BCUT2D eigenvalue weighted by molar-refractivity contribution is -0.117. The fourth-order valence-corrected chi connectivity index (χ4v) is 2.33. The van der Waals surface area contributed by atoms with Crippen LogP contribution in [0, 0.1) is 0 Å². The van der Waals surface area contributed by atoms with E-state index in [1.807, 2.05) is 62.5 Å². The fourth-order valence-electron chi connectivity index (χ4n) is 2.33. The Labute approximate surface area is 160 Å². The average molecular weight is 360 g/mol. The summed E-state index contributed by atoms with van der Waals surface area (Å²) in [6.07, 6.45) is 25.8. The van der Waals surface area contributed by atoms with Crippen LogP contribution in [0.5, 0.6) is 0 Å². The first-order chi connectivity index (χ1) is 12.6. The van der Waals surface area contributed by atoms with E-state index in [4.69, 9.17) is 0 Å². The molecule has 1 unspecified atom stereocenters. The molecule has 1 atom stereocenters. The molecule has 3 heteroatoms. The highest BCUT2D eigenvalue weighted by atomic mass is 16.3. The van der Waals surface area contributed by atoms with Crippen LogP contribution in [0.3, 0.4) is 0 Å². The van der Waals surface area contributed by atoms with Gasteiger partial charge in [-0.25, -0.2) is 0 Å². The lowest BCUT2D eigenvalue weighted by Crippen LogP contribution is -2.42. The smallest absolute Gasteiger partial charge is 0.243 e. The van der Waals surface area contributed by atoms with Gasteiger partial charge in [0, 0.05) is 6.54 Å². The summed E-state index contributed by atoms with van der Waals surface area (Å²) < 4.78 is 0. The molecule has 2 N–H and O–H groups in total. The zero-order chi connectivity index (χ0) is 19.5. The summed E-state index contributed by atoms with van der Waals surface area (Å²) in [5.74, 6) is -0.134. The second-order valence-corrected chi connectivity index (χ2v) is 6.46. The van der Waals surface area contributed by atoms with Gasteiger partial charge in [-0.3, -0.25) is 4.79 Å². The quantitative estimate of drug-likeness (QED) is 0.248. The number of amides is 1. The van der Waals surface area contributed by atoms with Crippen LogP contribution in [0.25, 0.3) is 0 Å². The summed E-state index contributed by atoms with van der Waals surface area (Å²) in [5, 5.41) is 13.3. The monoisotopic (exact) mass is 359 g/mol. The first-order valence-corrected chi connectivity index (χ1v) is 9.86. The Morgan fingerprint density at radius 1 is 0.962 bits per heavy atom. The van der Waals surface area contributed by atoms with Crippen molar-refractivity contribution in [1.29, 1.82) is 0 Å². The number of allylic oxidation sites excluding steroid dienone is 9. The largest absolute Gasteiger partial charge is 0.388 e. The first kappa shape index (κ1) is 24.1. The minimum Gasteiger partial charge on any atom is -0.388 e. The van der Waals surface area contributed by atoms with Gasteiger partial charge in [0.25, 0.3) is 0 Å². The van der Waals surface area contributed by atoms with Gasteiger partial charge in [0.2, 0.25) is 5.91 Å². The molecule has 0 aliphatic carbocycles. The lowest BCUT2D eigenvalue weighted by atomic mass is 9.93. The van der Waals surface area contributed by atoms with Crippen LogP contribution >= 0.6 is 0 Å². The van der Waals surface area contributed by atoms with E-state index in [9.17, 15) is 9.90 Å². The Hall–Kier alpha value is -1.87. The molecule has 3 nitrogen and oxygen atoms in total. The predicted molar refractivity (Wildman–Crippen MR) is 113 cm³/mol. The zero-order valence-electron chi connectivity index (χ0n) is 16.8. The molecule has 0 heterocycles. The fraction of sp³-hybridized carbons (Fsp3) is 0.522. The number of hydrogen-bond acceptors (Lipinski definition) is 2. The summed E-state index contributed by atoms with van der Waals surface area (Å²) in [6.45, 7) is 6.41. The van der Waals surface area contributed by atoms with Crippen LogP contribution in [-0.2, 0) is 4.79 Å². The maximum absolute atomic E-state index is 11.8. The molecule has 0 aromatic carbocycles. The zero-order valence-corrected chi connectivity index (χ0v) is 16.8. The number of nitrogens with one attached hydrogen (secondary N) is 1. The normalized spacial score (nSPS) is 15.1. The van der Waals surface area contributed by atoms with Crippen LogP contribution in [0.1, 0.15) is 65.7 Å². The summed E-state index contributed by atoms with van der Waals surface area (Å²) in [7, 11) is 0. The first-order valence-electron chi connectivity index (χ1n) is 9.86. The van der Waals surface area contributed by atoms with Crippen molar-refractivity contribution >= 4 is 5.91 Å². The average Bonchev–Trinajstić information content (AvgIpc) is 2.64. The van der Waals surface area contributed by atoms with Crippen molar-refractivity contribution in [2.75, 3.05) is 6.54 Å². The molecule has 0 aromatic rings. The summed E-state index contributed by atoms with van der Waals surface area (Å²) in [5.41, 5.74) is -0.783. The van der Waals surface area contributed by atoms with E-state index < -0.39 is 5.60 Å². The molecule has 0 fully saturated rings. The summed E-state index contributed by atoms with van der Waals surface area (Å²) >= 11 is 0. The number of aliphatic hydroxyl groups is 1. The third-order valence-corrected chi connectivity index (χ3v) is 4.15. The van der Waals surface area contributed by atoms with Crippen LogP contribution in [0.4, 0.5) is 0 Å². The minimum absolute atomic E-state index is 0.134. The molecular formula is C23H37NO2. The van der Waals surface area contributed by atoms with Crippen molar-refractivity contribution in [3.05, 3.63) is 60.8 Å². The second kappa shape index (κ2) is 16.6. The van der Waals surface area contributed by atoms with E-state index in [2.05, 4.69) is 18.3 Å². The van der Waals surface area contributed by atoms with Gasteiger partial charge in [-0.15, -0.1) is 0 Å². The Morgan fingerprint density at radius 3 is 2.27 bits per heavy atom. The van der Waals surface area contributed by atoms with E-state index in [0.29, 0.717) is 13.0 Å². The van der Waals surface area contributed by atoms with Crippen LogP contribution < -0.4 is 5.32 Å². The molecule has 0 saturated carbocycles. The Kier molecular flexibility index (Phi) is 15.4. The third kappa shape index (κ3) is 14.5. The number of carbonyl (C=O) groups is 1. The molecule has 0 radical (unpaired) electrons. The van der Waals surface area contributed by atoms with E-state index in [1.165, 1.54) is 0 Å². The van der Waals surface area contributed by atoms with E-state index in [1.54, 1.807) is 6.08 Å². The third-order valence-electron chi connectivity index (χ3n) is 4.15. The Morgan fingerprint density at radius 2 is 1.62 bits per heavy atom. The lowest BCUT2D eigenvalue weighted by Gasteiger charge is -2.26. The Bertz CT molecular complexity index is 500.